The van der Waals surface area contributed by atoms with Crippen LogP contribution in [0.1, 0.15) is 265 Å². The van der Waals surface area contributed by atoms with E-state index in [1.54, 1.807) is 0 Å². The van der Waals surface area contributed by atoms with E-state index < -0.39 is 6.10 Å². The highest BCUT2D eigenvalue weighted by atomic mass is 16.6. The number of carbonyl (C=O) groups is 3. The van der Waals surface area contributed by atoms with E-state index in [1.165, 1.54) is 141 Å². The average Bonchev–Trinajstić information content (AvgIpc) is 3.28. The van der Waals surface area contributed by atoms with Crippen molar-refractivity contribution in [3.8, 4) is 0 Å². The van der Waals surface area contributed by atoms with Gasteiger partial charge in [-0.3, -0.25) is 14.4 Å². The van der Waals surface area contributed by atoms with Gasteiger partial charge in [0, 0.05) is 19.3 Å². The topological polar surface area (TPSA) is 78.9 Å². The van der Waals surface area contributed by atoms with Crippen LogP contribution in [0.5, 0.6) is 0 Å². The highest BCUT2D eigenvalue weighted by Gasteiger charge is 2.19. The predicted molar refractivity (Wildman–Crippen MR) is 270 cm³/mol. The van der Waals surface area contributed by atoms with E-state index in [-0.39, 0.29) is 37.5 Å². The van der Waals surface area contributed by atoms with Crippen LogP contribution in [0.3, 0.4) is 0 Å². The lowest BCUT2D eigenvalue weighted by Gasteiger charge is -2.18. The molecule has 0 spiro atoms. The van der Waals surface area contributed by atoms with Gasteiger partial charge < -0.3 is 14.2 Å². The third kappa shape index (κ3) is 50.0. The molecule has 0 aromatic carbocycles. The molecule has 0 unspecified atom stereocenters. The van der Waals surface area contributed by atoms with E-state index in [0.29, 0.717) is 19.3 Å². The molecule has 0 amide bonds. The molecule has 0 fully saturated rings. The van der Waals surface area contributed by atoms with Crippen molar-refractivity contribution in [1.82, 2.24) is 0 Å². The average molecular weight is 881 g/mol. The molecule has 0 heterocycles. The molecular weight excluding hydrogens is 781 g/mol. The van der Waals surface area contributed by atoms with Crippen molar-refractivity contribution in [1.29, 1.82) is 0 Å². The van der Waals surface area contributed by atoms with Crippen LogP contribution in [0.4, 0.5) is 0 Å². The molecule has 63 heavy (non-hydrogen) atoms. The molecule has 1 atom stereocenters. The van der Waals surface area contributed by atoms with Gasteiger partial charge in [0.25, 0.3) is 0 Å². The fourth-order valence-corrected chi connectivity index (χ4v) is 7.43. The van der Waals surface area contributed by atoms with Crippen LogP contribution in [-0.4, -0.2) is 37.2 Å². The molecule has 0 bridgehead atoms. The van der Waals surface area contributed by atoms with Crippen LogP contribution in [-0.2, 0) is 28.6 Å². The first kappa shape index (κ1) is 60.1. The minimum Gasteiger partial charge on any atom is -0.462 e. The molecule has 0 rings (SSSR count). The maximum atomic E-state index is 12.8. The standard InChI is InChI=1S/C57H100O6/c1-4-7-10-13-16-19-22-25-27-28-30-32-35-38-41-44-47-50-56(59)62-53-54(52-61-55(58)49-46-43-40-37-34-31-24-21-18-15-12-9-6-3)63-57(60)51-48-45-42-39-36-33-29-26-23-20-17-14-11-8-5-2/h16,19,25-27,29-30,32,38,41,54H,4-15,17-18,20-24,28,31,33-37,39-40,42-53H2,1-3H3/b19-16-,27-25-,29-26-,32-30-,41-38-/t54-/m0/s1. The molecule has 0 radical (unpaired) electrons. The number of ether oxygens (including phenoxy) is 3. The summed E-state index contributed by atoms with van der Waals surface area (Å²) in [7, 11) is 0. The number of carbonyl (C=O) groups excluding carboxylic acids is 3. The lowest BCUT2D eigenvalue weighted by molar-refractivity contribution is -0.167. The SMILES string of the molecule is CCCCC/C=C\C/C=C\C/C=C\C/C=C\CCCC(=O)OC[C@H](COC(=O)CCCCCCCCCCCCCCC)OC(=O)CCCCCCC/C=C\CCCCCCCC. The number of unbranched alkanes of at least 4 members (excludes halogenated alkanes) is 27. The molecule has 0 saturated heterocycles. The normalized spacial score (nSPS) is 12.5. The summed E-state index contributed by atoms with van der Waals surface area (Å²) >= 11 is 0. The molecule has 6 heteroatoms. The van der Waals surface area contributed by atoms with Crippen molar-refractivity contribution in [2.45, 2.75) is 271 Å². The Morgan fingerprint density at radius 3 is 1.00 bits per heavy atom. The maximum absolute atomic E-state index is 12.8. The maximum Gasteiger partial charge on any atom is 0.306 e. The molecule has 0 aromatic heterocycles. The number of hydrogen-bond acceptors (Lipinski definition) is 6. The molecule has 0 aliphatic rings. The van der Waals surface area contributed by atoms with Crippen molar-refractivity contribution >= 4 is 17.9 Å². The van der Waals surface area contributed by atoms with Gasteiger partial charge in [-0.2, -0.15) is 0 Å². The van der Waals surface area contributed by atoms with Gasteiger partial charge in [0.15, 0.2) is 6.10 Å². The van der Waals surface area contributed by atoms with Crippen LogP contribution in [0.2, 0.25) is 0 Å². The Morgan fingerprint density at radius 2 is 0.587 bits per heavy atom. The first-order chi connectivity index (χ1) is 31.0. The van der Waals surface area contributed by atoms with Gasteiger partial charge in [-0.05, 0) is 83.5 Å². The van der Waals surface area contributed by atoms with Crippen molar-refractivity contribution in [2.24, 2.45) is 0 Å². The minimum atomic E-state index is -0.797. The van der Waals surface area contributed by atoms with Crippen molar-refractivity contribution in [3.63, 3.8) is 0 Å². The van der Waals surface area contributed by atoms with E-state index in [1.807, 2.05) is 0 Å². The summed E-state index contributed by atoms with van der Waals surface area (Å²) in [6, 6.07) is 0. The van der Waals surface area contributed by atoms with Crippen LogP contribution in [0.25, 0.3) is 0 Å². The zero-order valence-corrected chi connectivity index (χ0v) is 41.6. The molecule has 364 valence electrons. The third-order valence-corrected chi connectivity index (χ3v) is 11.5. The highest BCUT2D eigenvalue weighted by molar-refractivity contribution is 5.71. The first-order valence-electron chi connectivity index (χ1n) is 26.8. The summed E-state index contributed by atoms with van der Waals surface area (Å²) in [4.78, 5) is 38.0. The zero-order valence-electron chi connectivity index (χ0n) is 41.6. The fourth-order valence-electron chi connectivity index (χ4n) is 7.43. The summed E-state index contributed by atoms with van der Waals surface area (Å²) in [6.45, 7) is 6.56. The monoisotopic (exact) mass is 881 g/mol. The van der Waals surface area contributed by atoms with Gasteiger partial charge in [-0.25, -0.2) is 0 Å². The second kappa shape index (κ2) is 51.7. The summed E-state index contributed by atoms with van der Waals surface area (Å²) in [6.07, 6.45) is 63.5. The molecule has 6 nitrogen and oxygen atoms in total. The van der Waals surface area contributed by atoms with Gasteiger partial charge in [0.2, 0.25) is 0 Å². The number of hydrogen-bond donors (Lipinski definition) is 0. The Balaban J connectivity index is 4.46. The van der Waals surface area contributed by atoms with Gasteiger partial charge in [-0.1, -0.05) is 223 Å². The molecule has 0 aliphatic heterocycles. The van der Waals surface area contributed by atoms with E-state index in [0.717, 1.165) is 77.0 Å². The molecule has 0 N–H and O–H groups in total. The van der Waals surface area contributed by atoms with Crippen molar-refractivity contribution < 1.29 is 28.6 Å². The van der Waals surface area contributed by atoms with Crippen LogP contribution in [0.15, 0.2) is 60.8 Å². The summed E-state index contributed by atoms with van der Waals surface area (Å²) < 4.78 is 16.8. The highest BCUT2D eigenvalue weighted by Crippen LogP contribution is 2.15. The Labute approximate surface area is 390 Å². The van der Waals surface area contributed by atoms with Gasteiger partial charge in [0.05, 0.1) is 0 Å². The third-order valence-electron chi connectivity index (χ3n) is 11.5. The number of allylic oxidation sites excluding steroid dienone is 10. The number of esters is 3. The van der Waals surface area contributed by atoms with Gasteiger partial charge in [0.1, 0.15) is 13.2 Å². The molecule has 0 saturated carbocycles. The summed E-state index contributed by atoms with van der Waals surface area (Å²) in [5.41, 5.74) is 0. The largest absolute Gasteiger partial charge is 0.462 e. The Bertz CT molecular complexity index is 1150. The lowest BCUT2D eigenvalue weighted by Crippen LogP contribution is -2.30. The number of rotatable bonds is 48. The Kier molecular flexibility index (Phi) is 49.4. The molecule has 0 aromatic rings. The van der Waals surface area contributed by atoms with Crippen LogP contribution >= 0.6 is 0 Å². The Hall–Kier alpha value is -2.89. The van der Waals surface area contributed by atoms with Crippen LogP contribution in [0, 0.1) is 0 Å². The fraction of sp³-hybridized carbons (Fsp3) is 0.772. The van der Waals surface area contributed by atoms with E-state index in [9.17, 15) is 14.4 Å². The Morgan fingerprint density at radius 1 is 0.317 bits per heavy atom. The minimum absolute atomic E-state index is 0.0924. The van der Waals surface area contributed by atoms with E-state index >= 15 is 0 Å². The molecular formula is C57H100O6. The lowest BCUT2D eigenvalue weighted by atomic mass is 10.0. The predicted octanol–water partition coefficient (Wildman–Crippen LogP) is 17.6. The van der Waals surface area contributed by atoms with E-state index in [4.69, 9.17) is 14.2 Å². The quantitative estimate of drug-likeness (QED) is 0.0262. The van der Waals surface area contributed by atoms with Crippen molar-refractivity contribution in [3.05, 3.63) is 60.8 Å². The second-order valence-electron chi connectivity index (χ2n) is 17.8. The van der Waals surface area contributed by atoms with Gasteiger partial charge in [-0.15, -0.1) is 0 Å². The van der Waals surface area contributed by atoms with Gasteiger partial charge >= 0.3 is 17.9 Å². The summed E-state index contributed by atoms with van der Waals surface area (Å²) in [5.74, 6) is -0.953. The zero-order chi connectivity index (χ0) is 45.8. The van der Waals surface area contributed by atoms with Crippen molar-refractivity contribution in [2.75, 3.05) is 13.2 Å². The first-order valence-corrected chi connectivity index (χ1v) is 26.8. The smallest absolute Gasteiger partial charge is 0.306 e. The molecule has 0 aliphatic carbocycles. The van der Waals surface area contributed by atoms with E-state index in [2.05, 4.69) is 81.5 Å². The summed E-state index contributed by atoms with van der Waals surface area (Å²) in [5, 5.41) is 0. The second-order valence-corrected chi connectivity index (χ2v) is 17.8. The van der Waals surface area contributed by atoms with Crippen LogP contribution < -0.4 is 0 Å².